The summed E-state index contributed by atoms with van der Waals surface area (Å²) in [4.78, 5) is 16.5. The van der Waals surface area contributed by atoms with Crippen LogP contribution in [0.1, 0.15) is 66.0 Å². The molecule has 0 spiro atoms. The van der Waals surface area contributed by atoms with Gasteiger partial charge in [0.05, 0.1) is 23.1 Å². The van der Waals surface area contributed by atoms with Crippen molar-refractivity contribution in [1.82, 2.24) is 0 Å². The molecule has 176 valence electrons. The van der Waals surface area contributed by atoms with Crippen LogP contribution < -0.4 is 20.1 Å². The van der Waals surface area contributed by atoms with Crippen LogP contribution in [0.4, 0.5) is 5.00 Å². The number of benzene rings is 1. The van der Waals surface area contributed by atoms with E-state index in [2.05, 4.69) is 12.1 Å². The number of thiophene rings is 1. The second-order valence-corrected chi connectivity index (χ2v) is 10.4. The quantitative estimate of drug-likeness (QED) is 0.602. The maximum atomic E-state index is 13.4. The third-order valence-corrected chi connectivity index (χ3v) is 8.64. The number of ether oxygens (including phenoxy) is 2. The number of fused-ring (bicyclic) bond motifs is 2. The molecule has 0 bridgehead atoms. The Labute approximate surface area is 207 Å². The number of nitrogens with zero attached hydrogens (tertiary/aromatic N) is 3. The van der Waals surface area contributed by atoms with Gasteiger partial charge < -0.3 is 15.2 Å². The average molecular weight is 485 g/mol. The summed E-state index contributed by atoms with van der Waals surface area (Å²) in [6.45, 7) is 0.146. The lowest BCUT2D eigenvalue weighted by Gasteiger charge is -2.39. The number of allylic oxidation sites excluding steroid dienone is 3. The molecule has 7 nitrogen and oxygen atoms in total. The molecule has 0 radical (unpaired) electrons. The third kappa shape index (κ3) is 3.32. The number of aryl methyl sites for hydroxylation is 1. The number of Topliss-reactive ketones (excluding diaryl/α,β-unsaturated/α-hetero) is 1. The molecule has 4 aliphatic rings. The SMILES string of the molecule is N#CC1=C(N)N(c2sc3c(c2C#N)CCCCC3)C2=C(C(=O)CCC2)[C@H]1c1ccc2c(c1)OCO2. The smallest absolute Gasteiger partial charge is 0.231 e. The summed E-state index contributed by atoms with van der Waals surface area (Å²) in [5.74, 6) is 0.994. The minimum absolute atomic E-state index is 0.0239. The Kier molecular flexibility index (Phi) is 5.27. The van der Waals surface area contributed by atoms with E-state index >= 15 is 0 Å². The zero-order valence-electron chi connectivity index (χ0n) is 19.2. The monoisotopic (exact) mass is 484 g/mol. The highest BCUT2D eigenvalue weighted by Crippen LogP contribution is 2.50. The van der Waals surface area contributed by atoms with Gasteiger partial charge in [-0.05, 0) is 61.8 Å². The highest BCUT2D eigenvalue weighted by atomic mass is 32.1. The van der Waals surface area contributed by atoms with E-state index in [1.54, 1.807) is 11.3 Å². The normalized spacial score (nSPS) is 21.3. The lowest BCUT2D eigenvalue weighted by atomic mass is 9.75. The van der Waals surface area contributed by atoms with E-state index in [4.69, 9.17) is 15.2 Å². The van der Waals surface area contributed by atoms with Gasteiger partial charge in [-0.3, -0.25) is 9.69 Å². The summed E-state index contributed by atoms with van der Waals surface area (Å²) in [5, 5.41) is 21.2. The number of carbonyl (C=O) groups is 1. The Hall–Kier alpha value is -3.75. The van der Waals surface area contributed by atoms with Crippen molar-refractivity contribution in [1.29, 1.82) is 10.5 Å². The zero-order chi connectivity index (χ0) is 24.1. The average Bonchev–Trinajstić information content (AvgIpc) is 3.40. The van der Waals surface area contributed by atoms with Gasteiger partial charge in [-0.1, -0.05) is 12.5 Å². The van der Waals surface area contributed by atoms with Crippen molar-refractivity contribution in [3.8, 4) is 23.6 Å². The molecule has 0 fully saturated rings. The first-order valence-corrected chi connectivity index (χ1v) is 12.8. The highest BCUT2D eigenvalue weighted by Gasteiger charge is 2.42. The molecule has 0 saturated heterocycles. The Morgan fingerprint density at radius 1 is 1.00 bits per heavy atom. The molecule has 35 heavy (non-hydrogen) atoms. The van der Waals surface area contributed by atoms with E-state index in [9.17, 15) is 15.3 Å². The fourth-order valence-electron chi connectivity index (χ4n) is 5.75. The molecule has 1 aromatic carbocycles. The minimum atomic E-state index is -0.572. The van der Waals surface area contributed by atoms with E-state index in [1.807, 2.05) is 23.1 Å². The van der Waals surface area contributed by atoms with E-state index in [1.165, 1.54) is 4.88 Å². The van der Waals surface area contributed by atoms with E-state index in [0.29, 0.717) is 53.3 Å². The van der Waals surface area contributed by atoms with Gasteiger partial charge in [-0.2, -0.15) is 10.5 Å². The molecule has 0 amide bonds. The van der Waals surface area contributed by atoms with Crippen LogP contribution in [0.3, 0.4) is 0 Å². The Morgan fingerprint density at radius 2 is 1.83 bits per heavy atom. The van der Waals surface area contributed by atoms with Gasteiger partial charge in [0.1, 0.15) is 16.9 Å². The number of rotatable bonds is 2. The summed E-state index contributed by atoms with van der Waals surface area (Å²) in [6, 6.07) is 10.3. The Bertz CT molecular complexity index is 1400. The van der Waals surface area contributed by atoms with Gasteiger partial charge in [0.25, 0.3) is 0 Å². The molecular weight excluding hydrogens is 460 g/mol. The fourth-order valence-corrected chi connectivity index (χ4v) is 7.12. The Balaban J connectivity index is 1.56. The number of ketones is 1. The molecule has 2 aromatic rings. The second kappa shape index (κ2) is 8.48. The fraction of sp³-hybridized carbons (Fsp3) is 0.370. The molecule has 3 heterocycles. The van der Waals surface area contributed by atoms with Crippen LogP contribution >= 0.6 is 11.3 Å². The summed E-state index contributed by atoms with van der Waals surface area (Å²) in [7, 11) is 0. The van der Waals surface area contributed by atoms with Crippen molar-refractivity contribution in [2.45, 2.75) is 57.3 Å². The van der Waals surface area contributed by atoms with Gasteiger partial charge in [0, 0.05) is 22.6 Å². The number of carbonyl (C=O) groups excluding carboxylic acids is 1. The number of anilines is 1. The van der Waals surface area contributed by atoms with Crippen LogP contribution in [0, 0.1) is 22.7 Å². The maximum Gasteiger partial charge on any atom is 0.231 e. The molecule has 8 heteroatoms. The van der Waals surface area contributed by atoms with Crippen LogP contribution in [0.25, 0.3) is 0 Å². The molecule has 2 aliphatic heterocycles. The highest BCUT2D eigenvalue weighted by molar-refractivity contribution is 7.16. The van der Waals surface area contributed by atoms with Crippen molar-refractivity contribution in [2.75, 3.05) is 11.7 Å². The van der Waals surface area contributed by atoms with Gasteiger partial charge in [0.2, 0.25) is 6.79 Å². The third-order valence-electron chi connectivity index (χ3n) is 7.36. The van der Waals surface area contributed by atoms with Gasteiger partial charge in [-0.25, -0.2) is 0 Å². The lowest BCUT2D eigenvalue weighted by molar-refractivity contribution is -0.116. The minimum Gasteiger partial charge on any atom is -0.454 e. The van der Waals surface area contributed by atoms with Gasteiger partial charge >= 0.3 is 0 Å². The Morgan fingerprint density at radius 3 is 2.66 bits per heavy atom. The van der Waals surface area contributed by atoms with Crippen molar-refractivity contribution >= 4 is 22.1 Å². The molecule has 2 aliphatic carbocycles. The van der Waals surface area contributed by atoms with E-state index < -0.39 is 5.92 Å². The summed E-state index contributed by atoms with van der Waals surface area (Å²) >= 11 is 1.59. The van der Waals surface area contributed by atoms with Crippen molar-refractivity contribution in [3.05, 3.63) is 62.4 Å². The van der Waals surface area contributed by atoms with Crippen LogP contribution in [0.5, 0.6) is 11.5 Å². The van der Waals surface area contributed by atoms with E-state index in [0.717, 1.165) is 53.9 Å². The predicted octanol–water partition coefficient (Wildman–Crippen LogP) is 4.92. The van der Waals surface area contributed by atoms with Crippen molar-refractivity contribution in [2.24, 2.45) is 5.73 Å². The van der Waals surface area contributed by atoms with Crippen molar-refractivity contribution < 1.29 is 14.3 Å². The van der Waals surface area contributed by atoms with E-state index in [-0.39, 0.29) is 12.6 Å². The standard InChI is InChI=1S/C27H24N4O3S/c28-12-17-16-5-2-1-3-8-23(16)35-27(17)31-19-6-4-7-20(32)25(19)24(18(13-29)26(31)30)15-9-10-21-22(11-15)34-14-33-21/h9-11,24H,1-8,14,30H2/t24-/m0/s1. The largest absolute Gasteiger partial charge is 0.454 e. The molecule has 1 aromatic heterocycles. The number of hydrogen-bond acceptors (Lipinski definition) is 8. The molecule has 0 saturated carbocycles. The molecule has 2 N–H and O–H groups in total. The van der Waals surface area contributed by atoms with Gasteiger partial charge in [-0.15, -0.1) is 11.3 Å². The first-order valence-electron chi connectivity index (χ1n) is 12.0. The van der Waals surface area contributed by atoms with Crippen LogP contribution in [0.2, 0.25) is 0 Å². The summed E-state index contributed by atoms with van der Waals surface area (Å²) in [6.07, 6.45) is 6.95. The number of hydrogen-bond donors (Lipinski definition) is 1. The maximum absolute atomic E-state index is 13.4. The molecule has 1 atom stereocenters. The topological polar surface area (TPSA) is 112 Å². The van der Waals surface area contributed by atoms with Gasteiger partial charge in [0.15, 0.2) is 17.3 Å². The molecule has 6 rings (SSSR count). The van der Waals surface area contributed by atoms with Crippen LogP contribution in [-0.2, 0) is 17.6 Å². The second-order valence-electron chi connectivity index (χ2n) is 9.29. The van der Waals surface area contributed by atoms with Crippen molar-refractivity contribution in [3.63, 3.8) is 0 Å². The molecule has 0 unspecified atom stereocenters. The first-order chi connectivity index (χ1) is 17.1. The predicted molar refractivity (Wildman–Crippen MR) is 131 cm³/mol. The summed E-state index contributed by atoms with van der Waals surface area (Å²) in [5.41, 5.74) is 11.0. The van der Waals surface area contributed by atoms with Crippen LogP contribution in [-0.4, -0.2) is 12.6 Å². The number of nitriles is 2. The van der Waals surface area contributed by atoms with Crippen LogP contribution in [0.15, 0.2) is 40.9 Å². The molecular formula is C27H24N4O3S. The zero-order valence-corrected chi connectivity index (χ0v) is 20.0. The first kappa shape index (κ1) is 21.8. The summed E-state index contributed by atoms with van der Waals surface area (Å²) < 4.78 is 11.0. The number of nitrogens with two attached hydrogens (primary N) is 1. The lowest BCUT2D eigenvalue weighted by Crippen LogP contribution is -2.38.